The second-order valence-corrected chi connectivity index (χ2v) is 5.69. The Hall–Kier alpha value is -2.82. The minimum atomic E-state index is -0.920. The lowest BCUT2D eigenvalue weighted by molar-refractivity contribution is -0.133. The monoisotopic (exact) mass is 322 g/mol. The Morgan fingerprint density at radius 2 is 1.67 bits per heavy atom. The van der Waals surface area contributed by atoms with Gasteiger partial charge in [0.25, 0.3) is 0 Å². The van der Waals surface area contributed by atoms with Crippen LogP contribution in [-0.2, 0) is 9.53 Å². The molecule has 1 amide bonds. The van der Waals surface area contributed by atoms with Crippen molar-refractivity contribution < 1.29 is 9.53 Å². The second-order valence-electron chi connectivity index (χ2n) is 5.69. The first kappa shape index (κ1) is 16.1. The summed E-state index contributed by atoms with van der Waals surface area (Å²) >= 11 is 0. The van der Waals surface area contributed by atoms with E-state index in [1.165, 1.54) is 0 Å². The number of benzene rings is 2. The molecule has 1 aliphatic heterocycles. The lowest BCUT2D eigenvalue weighted by Gasteiger charge is -2.26. The molecule has 1 aliphatic rings. The molecule has 1 heterocycles. The molecular weight excluding hydrogens is 304 g/mol. The summed E-state index contributed by atoms with van der Waals surface area (Å²) < 4.78 is 6.03. The zero-order chi connectivity index (χ0) is 16.9. The van der Waals surface area contributed by atoms with Crippen LogP contribution in [0.25, 0.3) is 10.4 Å². The molecule has 0 saturated carbocycles. The summed E-state index contributed by atoms with van der Waals surface area (Å²) in [4.78, 5) is 17.3. The van der Waals surface area contributed by atoms with Crippen LogP contribution in [0.4, 0.5) is 0 Å². The smallest absolute Gasteiger partial charge is 0.234 e. The summed E-state index contributed by atoms with van der Waals surface area (Å²) in [6.45, 7) is 0.337. The van der Waals surface area contributed by atoms with Gasteiger partial charge < -0.3 is 9.64 Å². The van der Waals surface area contributed by atoms with E-state index in [0.29, 0.717) is 6.61 Å². The summed E-state index contributed by atoms with van der Waals surface area (Å²) in [5, 5.41) is 3.73. The third-order valence-corrected chi connectivity index (χ3v) is 4.28. The van der Waals surface area contributed by atoms with Crippen LogP contribution < -0.4 is 0 Å². The Labute approximate surface area is 140 Å². The van der Waals surface area contributed by atoms with E-state index in [9.17, 15) is 4.79 Å². The van der Waals surface area contributed by atoms with Gasteiger partial charge in [0.05, 0.1) is 18.8 Å². The number of carbonyl (C=O) groups excluding carboxylic acids is 1. The van der Waals surface area contributed by atoms with Crippen molar-refractivity contribution in [2.24, 2.45) is 5.11 Å². The van der Waals surface area contributed by atoms with Gasteiger partial charge in [-0.05, 0) is 16.7 Å². The Morgan fingerprint density at radius 1 is 1.08 bits per heavy atom. The fraction of sp³-hybridized carbons (Fsp3) is 0.278. The minimum Gasteiger partial charge on any atom is -0.370 e. The Morgan fingerprint density at radius 3 is 2.25 bits per heavy atom. The number of ether oxygens (including phenoxy) is 1. The molecule has 0 aliphatic carbocycles. The first-order valence-electron chi connectivity index (χ1n) is 7.74. The van der Waals surface area contributed by atoms with Gasteiger partial charge in [0.1, 0.15) is 6.04 Å². The molecule has 1 fully saturated rings. The largest absolute Gasteiger partial charge is 0.370 e. The van der Waals surface area contributed by atoms with Crippen molar-refractivity contribution in [3.8, 4) is 0 Å². The second kappa shape index (κ2) is 7.17. The molecule has 2 aromatic carbocycles. The van der Waals surface area contributed by atoms with E-state index in [-0.39, 0.29) is 11.9 Å². The Kier molecular flexibility index (Phi) is 4.79. The molecule has 0 N–H and O–H groups in total. The van der Waals surface area contributed by atoms with Gasteiger partial charge >= 0.3 is 0 Å². The zero-order valence-corrected chi connectivity index (χ0v) is 13.3. The van der Waals surface area contributed by atoms with E-state index in [0.717, 1.165) is 11.1 Å². The average molecular weight is 322 g/mol. The molecule has 6 heteroatoms. The predicted molar refractivity (Wildman–Crippen MR) is 90.0 cm³/mol. The highest BCUT2D eigenvalue weighted by Gasteiger charge is 2.38. The molecule has 2 aromatic rings. The van der Waals surface area contributed by atoms with Gasteiger partial charge in [0, 0.05) is 12.0 Å². The maximum absolute atomic E-state index is 12.9. The van der Waals surface area contributed by atoms with Crippen LogP contribution in [-0.4, -0.2) is 30.5 Å². The van der Waals surface area contributed by atoms with Crippen molar-refractivity contribution in [1.29, 1.82) is 0 Å². The van der Waals surface area contributed by atoms with Crippen LogP contribution in [0, 0.1) is 0 Å². The molecule has 24 heavy (non-hydrogen) atoms. The normalized spacial score (nSPS) is 24.1. The topological polar surface area (TPSA) is 78.3 Å². The number of nitrogens with zero attached hydrogens (tertiary/aromatic N) is 4. The number of amides is 1. The van der Waals surface area contributed by atoms with Crippen LogP contribution in [0.2, 0.25) is 0 Å². The fourth-order valence-corrected chi connectivity index (χ4v) is 2.97. The van der Waals surface area contributed by atoms with Crippen LogP contribution in [0.5, 0.6) is 0 Å². The quantitative estimate of drug-likeness (QED) is 0.491. The fourth-order valence-electron chi connectivity index (χ4n) is 2.97. The number of rotatable bonds is 3. The molecule has 0 aromatic heterocycles. The maximum atomic E-state index is 12.9. The molecular formula is C18H18N4O2. The number of likely N-dealkylation sites (N-methyl/N-ethyl adjacent to an activating group) is 1. The summed E-state index contributed by atoms with van der Waals surface area (Å²) in [6, 6.07) is 18.0. The minimum absolute atomic E-state index is 0.219. The summed E-state index contributed by atoms with van der Waals surface area (Å²) in [7, 11) is 1.72. The van der Waals surface area contributed by atoms with Crippen molar-refractivity contribution in [3.05, 3.63) is 82.2 Å². The third kappa shape index (κ3) is 3.11. The standard InChI is InChI=1S/C18H18N4O2/c1-22-15(13-8-4-2-5-9-13)12-24-17(14-10-6-3-7-11-14)16(18(22)23)20-21-19/h2-11,15-17H,12H2,1H3/t15-,16-,17+/m0/s1. The van der Waals surface area contributed by atoms with E-state index < -0.39 is 12.1 Å². The first-order valence-corrected chi connectivity index (χ1v) is 7.74. The summed E-state index contributed by atoms with van der Waals surface area (Å²) in [6.07, 6.45) is -0.592. The van der Waals surface area contributed by atoms with Gasteiger partial charge in [-0.25, -0.2) is 0 Å². The number of hydrogen-bond acceptors (Lipinski definition) is 3. The zero-order valence-electron chi connectivity index (χ0n) is 13.3. The third-order valence-electron chi connectivity index (χ3n) is 4.28. The van der Waals surface area contributed by atoms with Crippen molar-refractivity contribution in [1.82, 2.24) is 4.90 Å². The average Bonchev–Trinajstić information content (AvgIpc) is 2.75. The van der Waals surface area contributed by atoms with Crippen molar-refractivity contribution in [3.63, 3.8) is 0 Å². The van der Waals surface area contributed by atoms with Crippen LogP contribution in [0.1, 0.15) is 23.3 Å². The SMILES string of the molecule is CN1C(=O)[C@@H](N=[N+]=[N-])[C@@H](c2ccccc2)OC[C@H]1c1ccccc1. The van der Waals surface area contributed by atoms with Gasteiger partial charge in [0.15, 0.2) is 0 Å². The molecule has 122 valence electrons. The molecule has 6 nitrogen and oxygen atoms in total. The Bertz CT molecular complexity index is 744. The van der Waals surface area contributed by atoms with E-state index >= 15 is 0 Å². The maximum Gasteiger partial charge on any atom is 0.234 e. The predicted octanol–water partition coefficient (Wildman–Crippen LogP) is 3.64. The lowest BCUT2D eigenvalue weighted by Crippen LogP contribution is -2.38. The highest BCUT2D eigenvalue weighted by atomic mass is 16.5. The molecule has 1 saturated heterocycles. The van der Waals surface area contributed by atoms with E-state index in [4.69, 9.17) is 10.3 Å². The molecule has 0 spiro atoms. The highest BCUT2D eigenvalue weighted by Crippen LogP contribution is 2.33. The first-order chi connectivity index (χ1) is 11.7. The summed E-state index contributed by atoms with van der Waals surface area (Å²) in [5.74, 6) is -0.243. The van der Waals surface area contributed by atoms with Crippen LogP contribution in [0.3, 0.4) is 0 Å². The van der Waals surface area contributed by atoms with E-state index in [1.807, 2.05) is 60.7 Å². The number of hydrogen-bond donors (Lipinski definition) is 0. The van der Waals surface area contributed by atoms with Crippen molar-refractivity contribution in [2.45, 2.75) is 18.2 Å². The molecule has 0 bridgehead atoms. The van der Waals surface area contributed by atoms with Crippen molar-refractivity contribution in [2.75, 3.05) is 13.7 Å². The lowest BCUT2D eigenvalue weighted by atomic mass is 10.0. The molecule has 3 atom stereocenters. The van der Waals surface area contributed by atoms with Gasteiger partial charge in [-0.1, -0.05) is 65.8 Å². The van der Waals surface area contributed by atoms with Gasteiger partial charge in [0.2, 0.25) is 5.91 Å². The van der Waals surface area contributed by atoms with Crippen molar-refractivity contribution >= 4 is 5.91 Å². The molecule has 0 unspecified atom stereocenters. The van der Waals surface area contributed by atoms with Gasteiger partial charge in [-0.2, -0.15) is 0 Å². The van der Waals surface area contributed by atoms with E-state index in [1.54, 1.807) is 11.9 Å². The van der Waals surface area contributed by atoms with E-state index in [2.05, 4.69) is 10.0 Å². The number of azide groups is 1. The van der Waals surface area contributed by atoms with Gasteiger partial charge in [-0.15, -0.1) is 0 Å². The summed E-state index contributed by atoms with van der Waals surface area (Å²) in [5.41, 5.74) is 10.7. The number of carbonyl (C=O) groups is 1. The van der Waals surface area contributed by atoms with Crippen LogP contribution >= 0.6 is 0 Å². The van der Waals surface area contributed by atoms with Gasteiger partial charge in [-0.3, -0.25) is 4.79 Å². The molecule has 0 radical (unpaired) electrons. The molecule has 3 rings (SSSR count). The van der Waals surface area contributed by atoms with Crippen LogP contribution in [0.15, 0.2) is 65.8 Å². The highest BCUT2D eigenvalue weighted by molar-refractivity contribution is 5.83. The Balaban J connectivity index is 1.98.